The first kappa shape index (κ1) is 17.7. The maximum absolute atomic E-state index is 6.04. The zero-order chi connectivity index (χ0) is 16.7. The van der Waals surface area contributed by atoms with Crippen LogP contribution in [0.15, 0.2) is 67.1 Å². The van der Waals surface area contributed by atoms with Crippen molar-refractivity contribution in [3.05, 3.63) is 77.2 Å². The van der Waals surface area contributed by atoms with Gasteiger partial charge in [-0.15, -0.1) is 4.68 Å². The van der Waals surface area contributed by atoms with Gasteiger partial charge in [-0.05, 0) is 41.5 Å². The molecule has 4 rings (SSSR count). The van der Waals surface area contributed by atoms with Gasteiger partial charge < -0.3 is 17.0 Å². The molecule has 0 saturated carbocycles. The lowest BCUT2D eigenvalue weighted by molar-refractivity contribution is -0.612. The summed E-state index contributed by atoms with van der Waals surface area (Å²) in [5, 5.41) is 5.73. The summed E-state index contributed by atoms with van der Waals surface area (Å²) in [6.07, 6.45) is 3.53. The van der Waals surface area contributed by atoms with Crippen LogP contribution in [0.1, 0.15) is 0 Å². The molecule has 0 amide bonds. The van der Waals surface area contributed by atoms with E-state index in [-0.39, 0.29) is 17.0 Å². The summed E-state index contributed by atoms with van der Waals surface area (Å²) in [5.74, 6) is 6.04. The zero-order valence-electron chi connectivity index (χ0n) is 12.9. The average Bonchev–Trinajstić information content (AvgIpc) is 2.97. The van der Waals surface area contributed by atoms with Gasteiger partial charge in [0, 0.05) is 20.7 Å². The predicted octanol–water partition coefficient (Wildman–Crippen LogP) is 0.980. The van der Waals surface area contributed by atoms with E-state index in [9.17, 15) is 0 Å². The summed E-state index contributed by atoms with van der Waals surface area (Å²) in [6.45, 7) is 0. The Morgan fingerprint density at radius 2 is 1.40 bits per heavy atom. The first-order valence-electron chi connectivity index (χ1n) is 7.32. The van der Waals surface area contributed by atoms with Gasteiger partial charge in [0.25, 0.3) is 12.0 Å². The van der Waals surface area contributed by atoms with Gasteiger partial charge in [0.1, 0.15) is 6.20 Å². The molecule has 0 unspecified atom stereocenters. The van der Waals surface area contributed by atoms with Crippen molar-refractivity contribution >= 4 is 28.8 Å². The van der Waals surface area contributed by atoms with Crippen molar-refractivity contribution in [3.63, 3.8) is 0 Å². The molecule has 2 N–H and O–H groups in total. The van der Waals surface area contributed by atoms with Gasteiger partial charge in [0.2, 0.25) is 0 Å². The van der Waals surface area contributed by atoms with Crippen LogP contribution in [-0.4, -0.2) is 9.61 Å². The van der Waals surface area contributed by atoms with E-state index in [0.717, 1.165) is 27.9 Å². The highest BCUT2D eigenvalue weighted by Gasteiger charge is 2.18. The first-order chi connectivity index (χ1) is 11.6. The molecule has 0 bridgehead atoms. The fourth-order valence-corrected chi connectivity index (χ4v) is 2.98. The van der Waals surface area contributed by atoms with E-state index in [1.165, 1.54) is 4.68 Å². The normalized spacial score (nSPS) is 10.6. The third kappa shape index (κ3) is 3.35. The molecule has 0 saturated heterocycles. The van der Waals surface area contributed by atoms with Gasteiger partial charge in [-0.1, -0.05) is 52.0 Å². The summed E-state index contributed by atoms with van der Waals surface area (Å²) >= 11 is 12.0. The van der Waals surface area contributed by atoms with Gasteiger partial charge in [0.15, 0.2) is 0 Å². The number of rotatable bonds is 2. The number of nitrogens with zero attached hydrogens (tertiary/aromatic N) is 3. The van der Waals surface area contributed by atoms with Crippen LogP contribution in [0, 0.1) is 0 Å². The van der Waals surface area contributed by atoms with Crippen molar-refractivity contribution in [3.8, 4) is 22.3 Å². The van der Waals surface area contributed by atoms with Crippen LogP contribution in [-0.2, 0) is 0 Å². The Morgan fingerprint density at radius 3 is 2.00 bits per heavy atom. The Bertz CT molecular complexity index is 1030. The van der Waals surface area contributed by atoms with Crippen molar-refractivity contribution in [2.24, 2.45) is 0 Å². The van der Waals surface area contributed by atoms with Crippen LogP contribution in [0.4, 0.5) is 0 Å². The number of fused-ring (bicyclic) bond motifs is 1. The molecule has 4 nitrogen and oxygen atoms in total. The Hall–Kier alpha value is -2.08. The largest absolute Gasteiger partial charge is 1.00 e. The van der Waals surface area contributed by atoms with Gasteiger partial charge in [-0.25, -0.2) is 0 Å². The van der Waals surface area contributed by atoms with Crippen LogP contribution < -0.4 is 27.5 Å². The molecule has 0 aliphatic heterocycles. The standard InChI is InChI=1S/C18H13Cl2N4.BrH/c19-15-5-1-12(2-6-15)14-9-17(13-3-7-16(20)8-4-13)18-23(21)11-22-24(18)10-14;/h1-11H,21H2;1H/q+1;/p-1. The van der Waals surface area contributed by atoms with Gasteiger partial charge in [-0.2, -0.15) is 0 Å². The summed E-state index contributed by atoms with van der Waals surface area (Å²) < 4.78 is 3.28. The van der Waals surface area contributed by atoms with Crippen LogP contribution in [0.2, 0.25) is 10.0 Å². The van der Waals surface area contributed by atoms with E-state index in [1.807, 2.05) is 54.7 Å². The van der Waals surface area contributed by atoms with Gasteiger partial charge in [-0.3, -0.25) is 5.84 Å². The highest BCUT2D eigenvalue weighted by molar-refractivity contribution is 6.30. The molecule has 0 atom stereocenters. The highest BCUT2D eigenvalue weighted by atomic mass is 79.9. The topological polar surface area (TPSA) is 47.2 Å². The third-order valence-corrected chi connectivity index (χ3v) is 4.40. The van der Waals surface area contributed by atoms with Gasteiger partial charge >= 0.3 is 0 Å². The number of pyridine rings is 1. The number of hydrogen-bond acceptors (Lipinski definition) is 2. The van der Waals surface area contributed by atoms with Crippen molar-refractivity contribution in [1.29, 1.82) is 0 Å². The fraction of sp³-hybridized carbons (Fsp3) is 0. The van der Waals surface area contributed by atoms with E-state index >= 15 is 0 Å². The quantitative estimate of drug-likeness (QED) is 0.377. The third-order valence-electron chi connectivity index (χ3n) is 3.90. The molecular formula is C18H13BrCl2N4. The Kier molecular flexibility index (Phi) is 4.99. The van der Waals surface area contributed by atoms with Gasteiger partial charge in [0.05, 0.1) is 5.56 Å². The number of hydrogen-bond donors (Lipinski definition) is 1. The van der Waals surface area contributed by atoms with Crippen molar-refractivity contribution < 1.29 is 21.7 Å². The van der Waals surface area contributed by atoms with Crippen LogP contribution >= 0.6 is 23.2 Å². The monoisotopic (exact) mass is 434 g/mol. The van der Waals surface area contributed by atoms with E-state index in [0.29, 0.717) is 10.0 Å². The molecule has 2 aromatic heterocycles. The van der Waals surface area contributed by atoms with E-state index in [4.69, 9.17) is 29.0 Å². The van der Waals surface area contributed by atoms with Crippen molar-refractivity contribution in [1.82, 2.24) is 9.61 Å². The lowest BCUT2D eigenvalue weighted by atomic mass is 10.0. The summed E-state index contributed by atoms with van der Waals surface area (Å²) in [6, 6.07) is 17.5. The summed E-state index contributed by atoms with van der Waals surface area (Å²) in [5.41, 5.74) is 4.86. The molecule has 126 valence electrons. The number of benzene rings is 2. The molecule has 0 radical (unpaired) electrons. The van der Waals surface area contributed by atoms with Crippen LogP contribution in [0.5, 0.6) is 0 Å². The number of nitrogens with two attached hydrogens (primary N) is 1. The van der Waals surface area contributed by atoms with E-state index in [1.54, 1.807) is 10.8 Å². The zero-order valence-corrected chi connectivity index (χ0v) is 16.0. The van der Waals surface area contributed by atoms with E-state index in [2.05, 4.69) is 11.2 Å². The molecule has 0 fully saturated rings. The minimum absolute atomic E-state index is 0. The lowest BCUT2D eigenvalue weighted by Gasteiger charge is -2.06. The van der Waals surface area contributed by atoms with Crippen molar-refractivity contribution in [2.45, 2.75) is 0 Å². The fourth-order valence-electron chi connectivity index (χ4n) is 2.73. The number of aromatic nitrogens is 3. The Morgan fingerprint density at radius 1 is 0.840 bits per heavy atom. The molecule has 2 aromatic carbocycles. The molecular weight excluding hydrogens is 423 g/mol. The second-order valence-electron chi connectivity index (χ2n) is 5.46. The molecule has 25 heavy (non-hydrogen) atoms. The lowest BCUT2D eigenvalue weighted by Crippen LogP contribution is -3.00. The number of nitrogen functional groups attached to an aromatic ring is 1. The maximum atomic E-state index is 6.04. The Balaban J connectivity index is 0.00000182. The first-order valence-corrected chi connectivity index (χ1v) is 8.07. The summed E-state index contributed by atoms with van der Waals surface area (Å²) in [4.78, 5) is 0. The second-order valence-corrected chi connectivity index (χ2v) is 6.34. The minimum atomic E-state index is 0. The highest BCUT2D eigenvalue weighted by Crippen LogP contribution is 2.30. The molecule has 7 heteroatoms. The van der Waals surface area contributed by atoms with Crippen LogP contribution in [0.3, 0.4) is 0 Å². The molecule has 2 heterocycles. The molecule has 0 spiro atoms. The molecule has 0 aliphatic carbocycles. The molecule has 0 aliphatic rings. The minimum Gasteiger partial charge on any atom is -1.00 e. The van der Waals surface area contributed by atoms with Crippen molar-refractivity contribution in [2.75, 3.05) is 5.84 Å². The van der Waals surface area contributed by atoms with E-state index < -0.39 is 0 Å². The van der Waals surface area contributed by atoms with Crippen LogP contribution in [0.25, 0.3) is 27.9 Å². The maximum Gasteiger partial charge on any atom is 0.294 e. The average molecular weight is 436 g/mol. The predicted molar refractivity (Wildman–Crippen MR) is 96.4 cm³/mol. The number of halogens is 3. The second kappa shape index (κ2) is 7.04. The smallest absolute Gasteiger partial charge is 0.294 e. The molecule has 4 aromatic rings. The summed E-state index contributed by atoms with van der Waals surface area (Å²) in [7, 11) is 0. The SMILES string of the molecule is N[n+]1cnn2cc(-c3ccc(Cl)cc3)cc(-c3ccc(Cl)cc3)c21.[Br-]. The Labute approximate surface area is 165 Å².